The zero-order valence-corrected chi connectivity index (χ0v) is 9.80. The van der Waals surface area contributed by atoms with Crippen LogP contribution in [-0.2, 0) is 9.09 Å². The normalized spacial score (nSPS) is 14.3. The van der Waals surface area contributed by atoms with Gasteiger partial charge < -0.3 is 4.52 Å². The fraction of sp³-hybridized carbons (Fsp3) is 0.0833. The van der Waals surface area contributed by atoms with Crippen LogP contribution in [0.4, 0.5) is 0 Å². The van der Waals surface area contributed by atoms with E-state index in [0.29, 0.717) is 10.7 Å². The van der Waals surface area contributed by atoms with Crippen molar-refractivity contribution in [2.75, 3.05) is 7.11 Å². The molecule has 0 saturated heterocycles. The number of pyridine rings is 1. The third-order valence-corrected chi connectivity index (χ3v) is 4.66. The van der Waals surface area contributed by atoms with Crippen molar-refractivity contribution in [2.45, 2.75) is 0 Å². The molecule has 1 aromatic carbocycles. The van der Waals surface area contributed by atoms with Gasteiger partial charge in [-0.05, 0) is 24.3 Å². The third kappa shape index (κ3) is 1.92. The van der Waals surface area contributed by atoms with E-state index in [1.54, 1.807) is 36.5 Å². The van der Waals surface area contributed by atoms with Gasteiger partial charge in [-0.3, -0.25) is 9.55 Å². The molecule has 0 spiro atoms. The third-order valence-electron chi connectivity index (χ3n) is 2.30. The summed E-state index contributed by atoms with van der Waals surface area (Å²) in [6.07, 6.45) is 1.62. The van der Waals surface area contributed by atoms with Crippen molar-refractivity contribution >= 4 is 18.1 Å². The van der Waals surface area contributed by atoms with E-state index in [1.165, 1.54) is 7.11 Å². The summed E-state index contributed by atoms with van der Waals surface area (Å²) in [6.45, 7) is 0. The van der Waals surface area contributed by atoms with E-state index in [-0.39, 0.29) is 0 Å². The molecule has 0 N–H and O–H groups in total. The van der Waals surface area contributed by atoms with Crippen molar-refractivity contribution in [1.82, 2.24) is 4.98 Å². The predicted molar refractivity (Wildman–Crippen MR) is 64.6 cm³/mol. The predicted octanol–water partition coefficient (Wildman–Crippen LogP) is 1.96. The first kappa shape index (κ1) is 11.1. The smallest absolute Gasteiger partial charge is 0.278 e. The van der Waals surface area contributed by atoms with Crippen molar-refractivity contribution in [2.24, 2.45) is 0 Å². The summed E-state index contributed by atoms with van der Waals surface area (Å²) >= 11 is 0. The summed E-state index contributed by atoms with van der Waals surface area (Å²) < 4.78 is 17.9. The molecule has 0 amide bonds. The number of nitrogens with zero attached hydrogens (tertiary/aromatic N) is 1. The minimum atomic E-state index is -3.02. The second-order valence-corrected chi connectivity index (χ2v) is 5.70. The molecule has 3 nitrogen and oxygen atoms in total. The molecule has 4 heteroatoms. The summed E-state index contributed by atoms with van der Waals surface area (Å²) in [5.74, 6) is 0. The van der Waals surface area contributed by atoms with Crippen LogP contribution in [0, 0.1) is 0 Å². The summed E-state index contributed by atoms with van der Waals surface area (Å²) in [7, 11) is -1.57. The Kier molecular flexibility index (Phi) is 3.18. The lowest BCUT2D eigenvalue weighted by Gasteiger charge is -2.15. The Morgan fingerprint density at radius 1 is 1.06 bits per heavy atom. The van der Waals surface area contributed by atoms with Crippen LogP contribution in [0.2, 0.25) is 0 Å². The van der Waals surface area contributed by atoms with E-state index in [1.807, 2.05) is 18.2 Å². The lowest BCUT2D eigenvalue weighted by atomic mass is 10.4. The Hall–Kier alpha value is -1.44. The zero-order chi connectivity index (χ0) is 11.4. The van der Waals surface area contributed by atoms with Gasteiger partial charge in [-0.2, -0.15) is 0 Å². The maximum atomic E-state index is 12.7. The van der Waals surface area contributed by atoms with Gasteiger partial charge >= 0.3 is 0 Å². The van der Waals surface area contributed by atoms with Crippen molar-refractivity contribution < 1.29 is 9.09 Å². The summed E-state index contributed by atoms with van der Waals surface area (Å²) in [4.78, 5) is 4.11. The van der Waals surface area contributed by atoms with Gasteiger partial charge in [0.05, 0.1) is 0 Å². The average molecular weight is 233 g/mol. The van der Waals surface area contributed by atoms with Gasteiger partial charge in [0.2, 0.25) is 0 Å². The van der Waals surface area contributed by atoms with Crippen molar-refractivity contribution in [3.63, 3.8) is 0 Å². The van der Waals surface area contributed by atoms with Crippen molar-refractivity contribution in [3.05, 3.63) is 54.7 Å². The number of rotatable bonds is 3. The molecule has 1 aromatic heterocycles. The first-order valence-corrected chi connectivity index (χ1v) is 6.53. The lowest BCUT2D eigenvalue weighted by Crippen LogP contribution is -2.19. The summed E-state index contributed by atoms with van der Waals surface area (Å²) in [5.41, 5.74) is 0.476. The highest BCUT2D eigenvalue weighted by Gasteiger charge is 2.28. The van der Waals surface area contributed by atoms with Crippen LogP contribution in [0.15, 0.2) is 54.7 Å². The Bertz CT molecular complexity index is 455. The molecular formula is C12H12NO2P. The molecule has 0 fully saturated rings. The van der Waals surface area contributed by atoms with Crippen LogP contribution in [0.5, 0.6) is 0 Å². The van der Waals surface area contributed by atoms with Gasteiger partial charge in [-0.1, -0.05) is 24.3 Å². The summed E-state index contributed by atoms with van der Waals surface area (Å²) in [5, 5.41) is 0.663. The monoisotopic (exact) mass is 233 g/mol. The van der Waals surface area contributed by atoms with Gasteiger partial charge in [-0.15, -0.1) is 0 Å². The van der Waals surface area contributed by atoms with E-state index in [0.717, 1.165) is 0 Å². The minimum absolute atomic E-state index is 0.476. The second kappa shape index (κ2) is 4.60. The highest BCUT2D eigenvalue weighted by Crippen LogP contribution is 2.42. The Balaban J connectivity index is 2.54. The molecule has 0 radical (unpaired) electrons. The molecule has 0 bridgehead atoms. The largest absolute Gasteiger partial charge is 0.324 e. The summed E-state index contributed by atoms with van der Waals surface area (Å²) in [6, 6.07) is 14.4. The van der Waals surface area contributed by atoms with Gasteiger partial charge in [0.15, 0.2) is 0 Å². The first-order valence-electron chi connectivity index (χ1n) is 4.90. The first-order chi connectivity index (χ1) is 7.77. The molecule has 0 saturated carbocycles. The van der Waals surface area contributed by atoms with Crippen LogP contribution < -0.4 is 10.7 Å². The molecule has 0 aliphatic heterocycles. The van der Waals surface area contributed by atoms with Crippen molar-refractivity contribution in [1.29, 1.82) is 0 Å². The highest BCUT2D eigenvalue weighted by molar-refractivity contribution is 7.74. The Morgan fingerprint density at radius 2 is 1.75 bits per heavy atom. The van der Waals surface area contributed by atoms with Crippen LogP contribution in [0.3, 0.4) is 0 Å². The maximum absolute atomic E-state index is 12.7. The van der Waals surface area contributed by atoms with Crippen LogP contribution >= 0.6 is 7.37 Å². The van der Waals surface area contributed by atoms with E-state index < -0.39 is 7.37 Å². The molecule has 2 rings (SSSR count). The van der Waals surface area contributed by atoms with Gasteiger partial charge in [0.1, 0.15) is 5.44 Å². The molecule has 0 unspecified atom stereocenters. The molecule has 82 valence electrons. The van der Waals surface area contributed by atoms with E-state index >= 15 is 0 Å². The van der Waals surface area contributed by atoms with Crippen molar-refractivity contribution in [3.8, 4) is 0 Å². The fourth-order valence-corrected chi connectivity index (χ4v) is 3.21. The van der Waals surface area contributed by atoms with Crippen LogP contribution in [0.25, 0.3) is 0 Å². The van der Waals surface area contributed by atoms with E-state index in [2.05, 4.69) is 4.98 Å². The zero-order valence-electron chi connectivity index (χ0n) is 8.91. The molecule has 16 heavy (non-hydrogen) atoms. The van der Waals surface area contributed by atoms with E-state index in [9.17, 15) is 4.57 Å². The number of hydrogen-bond acceptors (Lipinski definition) is 3. The highest BCUT2D eigenvalue weighted by atomic mass is 31.2. The topological polar surface area (TPSA) is 39.2 Å². The number of hydrogen-bond donors (Lipinski definition) is 0. The number of benzene rings is 1. The lowest BCUT2D eigenvalue weighted by molar-refractivity contribution is 0.411. The van der Waals surface area contributed by atoms with Gasteiger partial charge in [0.25, 0.3) is 7.37 Å². The Labute approximate surface area is 94.6 Å². The molecule has 2 aromatic rings. The molecular weight excluding hydrogens is 221 g/mol. The Morgan fingerprint density at radius 3 is 2.31 bits per heavy atom. The molecule has 1 heterocycles. The second-order valence-electron chi connectivity index (χ2n) is 3.26. The fourth-order valence-electron chi connectivity index (χ4n) is 1.48. The standard InChI is InChI=1S/C12H12NO2P/c1-15-16(14,11-7-3-2-4-8-11)12-9-5-6-10-13-12/h2-10H,1H3/t16-/m0/s1. The number of aromatic nitrogens is 1. The average Bonchev–Trinajstić information content (AvgIpc) is 2.40. The maximum Gasteiger partial charge on any atom is 0.278 e. The quantitative estimate of drug-likeness (QED) is 0.761. The molecule has 0 aliphatic carbocycles. The molecule has 1 atom stereocenters. The van der Waals surface area contributed by atoms with Crippen LogP contribution in [0.1, 0.15) is 0 Å². The molecule has 0 aliphatic rings. The minimum Gasteiger partial charge on any atom is -0.324 e. The van der Waals surface area contributed by atoms with E-state index in [4.69, 9.17) is 4.52 Å². The van der Waals surface area contributed by atoms with Gasteiger partial charge in [0, 0.05) is 18.6 Å². The van der Waals surface area contributed by atoms with Gasteiger partial charge in [-0.25, -0.2) is 0 Å². The SMILES string of the molecule is CO[P@@](=O)(c1ccccc1)c1ccccn1. The van der Waals surface area contributed by atoms with Crippen LogP contribution in [-0.4, -0.2) is 12.1 Å².